The van der Waals surface area contributed by atoms with Gasteiger partial charge in [-0.05, 0) is 18.2 Å². The molecule has 0 amide bonds. The van der Waals surface area contributed by atoms with Gasteiger partial charge in [0.2, 0.25) is 16.0 Å². The minimum Gasteiger partial charge on any atom is -0.483 e. The molecule has 2 aromatic heterocycles. The van der Waals surface area contributed by atoms with Gasteiger partial charge in [0.15, 0.2) is 10.9 Å². The summed E-state index contributed by atoms with van der Waals surface area (Å²) in [6, 6.07) is 4.51. The van der Waals surface area contributed by atoms with Crippen molar-refractivity contribution in [2.75, 3.05) is 6.61 Å². The first-order valence-electron chi connectivity index (χ1n) is 6.94. The van der Waals surface area contributed by atoms with E-state index in [-0.39, 0.29) is 21.7 Å². The molecule has 1 aromatic carbocycles. The molecule has 0 saturated carbocycles. The number of hydrogen-bond donors (Lipinski definition) is 1. The van der Waals surface area contributed by atoms with E-state index in [2.05, 4.69) is 9.97 Å². The summed E-state index contributed by atoms with van der Waals surface area (Å²) >= 11 is 11.9. The van der Waals surface area contributed by atoms with Crippen LogP contribution in [-0.2, 0) is 10.0 Å². The summed E-state index contributed by atoms with van der Waals surface area (Å²) < 4.78 is 54.2. The predicted octanol–water partition coefficient (Wildman–Crippen LogP) is 3.02. The van der Waals surface area contributed by atoms with Crippen LogP contribution in [-0.4, -0.2) is 36.0 Å². The maximum Gasteiger partial charge on any atom is 0.272 e. The molecule has 0 aliphatic carbocycles. The number of aromatic nitrogens is 3. The highest BCUT2D eigenvalue weighted by Crippen LogP contribution is 2.30. The zero-order valence-corrected chi connectivity index (χ0v) is 15.1. The Labute approximate surface area is 156 Å². The van der Waals surface area contributed by atoms with Crippen molar-refractivity contribution in [2.45, 2.75) is 11.3 Å². The van der Waals surface area contributed by atoms with Gasteiger partial charge in [0.05, 0.1) is 11.7 Å². The number of rotatable bonds is 5. The first-order chi connectivity index (χ1) is 12.2. The van der Waals surface area contributed by atoms with Crippen LogP contribution in [0.4, 0.5) is 8.78 Å². The monoisotopic (exact) mass is 422 g/mol. The van der Waals surface area contributed by atoms with Crippen LogP contribution in [0.25, 0.3) is 16.9 Å². The van der Waals surface area contributed by atoms with Crippen molar-refractivity contribution in [3.63, 3.8) is 0 Å². The van der Waals surface area contributed by atoms with E-state index >= 15 is 0 Å². The third-order valence-corrected chi connectivity index (χ3v) is 4.76. The quantitative estimate of drug-likeness (QED) is 0.636. The lowest BCUT2D eigenvalue weighted by atomic mass is 10.2. The van der Waals surface area contributed by atoms with Crippen molar-refractivity contribution in [3.8, 4) is 11.7 Å². The van der Waals surface area contributed by atoms with Gasteiger partial charge in [-0.1, -0.05) is 23.2 Å². The van der Waals surface area contributed by atoms with Crippen LogP contribution in [0.15, 0.2) is 35.5 Å². The first-order valence-corrected chi connectivity index (χ1v) is 9.24. The Morgan fingerprint density at radius 1 is 1.31 bits per heavy atom. The lowest BCUT2D eigenvalue weighted by Crippen LogP contribution is -2.11. The molecule has 3 aromatic rings. The molecular weight excluding hydrogens is 413 g/mol. The number of primary sulfonamides is 1. The summed E-state index contributed by atoms with van der Waals surface area (Å²) in [4.78, 5) is 7.80. The number of nitrogens with zero attached hydrogens (tertiary/aromatic N) is 3. The number of alkyl halides is 2. The predicted molar refractivity (Wildman–Crippen MR) is 91.8 cm³/mol. The Balaban J connectivity index is 2.13. The molecule has 3 rings (SSSR count). The van der Waals surface area contributed by atoms with Crippen LogP contribution in [0.2, 0.25) is 10.2 Å². The maximum atomic E-state index is 12.2. The van der Waals surface area contributed by atoms with Crippen LogP contribution in [0.5, 0.6) is 5.75 Å². The molecule has 0 unspecified atom stereocenters. The second-order valence-electron chi connectivity index (χ2n) is 5.10. The highest BCUT2D eigenvalue weighted by atomic mass is 35.5. The van der Waals surface area contributed by atoms with E-state index in [9.17, 15) is 17.2 Å². The molecule has 0 bridgehead atoms. The number of hydrogen-bond acceptors (Lipinski definition) is 5. The Kier molecular flexibility index (Phi) is 5.02. The normalized spacial score (nSPS) is 12.1. The Morgan fingerprint density at radius 2 is 2.04 bits per heavy atom. The lowest BCUT2D eigenvalue weighted by molar-refractivity contribution is 0.0816. The largest absolute Gasteiger partial charge is 0.483 e. The lowest BCUT2D eigenvalue weighted by Gasteiger charge is -2.08. The molecule has 2 N–H and O–H groups in total. The van der Waals surface area contributed by atoms with Crippen LogP contribution in [0, 0.1) is 0 Å². The smallest absolute Gasteiger partial charge is 0.272 e. The van der Waals surface area contributed by atoms with E-state index in [1.165, 1.54) is 29.0 Å². The standard InChI is InChI=1S/C14H10Cl2F2N4O3S/c15-7-1-2-8-9(3-7)22(5-11(8)26(19,23)24)14-20-4-10(13(16)21-14)25-6-12(17)18/h1-5,12H,6H2,(H2,19,23,24). The minimum absolute atomic E-state index is 0.0124. The summed E-state index contributed by atoms with van der Waals surface area (Å²) in [5, 5.41) is 5.69. The van der Waals surface area contributed by atoms with Crippen LogP contribution < -0.4 is 9.88 Å². The van der Waals surface area contributed by atoms with E-state index in [1.807, 2.05) is 0 Å². The van der Waals surface area contributed by atoms with Crippen molar-refractivity contribution in [1.29, 1.82) is 0 Å². The molecule has 0 radical (unpaired) electrons. The van der Waals surface area contributed by atoms with Gasteiger partial charge in [-0.25, -0.2) is 27.3 Å². The molecule has 7 nitrogen and oxygen atoms in total. The SMILES string of the molecule is NS(=O)(=O)c1cn(-c2ncc(OCC(F)F)c(Cl)n2)c2cc(Cl)ccc12. The van der Waals surface area contributed by atoms with Crippen molar-refractivity contribution in [3.05, 3.63) is 40.8 Å². The minimum atomic E-state index is -4.03. The summed E-state index contributed by atoms with van der Waals surface area (Å²) in [5.74, 6) is -0.140. The summed E-state index contributed by atoms with van der Waals surface area (Å²) in [7, 11) is -4.03. The molecule has 0 spiro atoms. The Morgan fingerprint density at radius 3 is 2.65 bits per heavy atom. The molecule has 0 atom stereocenters. The fraction of sp³-hybridized carbons (Fsp3) is 0.143. The zero-order valence-electron chi connectivity index (χ0n) is 12.7. The molecule has 2 heterocycles. The molecule has 0 aliphatic heterocycles. The number of ether oxygens (including phenoxy) is 1. The number of nitrogens with two attached hydrogens (primary N) is 1. The van der Waals surface area contributed by atoms with E-state index in [0.717, 1.165) is 6.20 Å². The van der Waals surface area contributed by atoms with Crippen molar-refractivity contribution in [1.82, 2.24) is 14.5 Å². The molecular formula is C14H10Cl2F2N4O3S. The van der Waals surface area contributed by atoms with Gasteiger partial charge in [-0.3, -0.25) is 4.57 Å². The Bertz CT molecular complexity index is 1090. The van der Waals surface area contributed by atoms with Gasteiger partial charge in [-0.2, -0.15) is 4.98 Å². The molecule has 26 heavy (non-hydrogen) atoms. The summed E-state index contributed by atoms with van der Waals surface area (Å²) in [6.07, 6.45) is -0.347. The maximum absolute atomic E-state index is 12.2. The van der Waals surface area contributed by atoms with Gasteiger partial charge >= 0.3 is 0 Å². The fourth-order valence-corrected chi connectivity index (χ4v) is 3.34. The van der Waals surface area contributed by atoms with Gasteiger partial charge < -0.3 is 4.74 Å². The zero-order chi connectivity index (χ0) is 19.1. The van der Waals surface area contributed by atoms with Crippen molar-refractivity contribution in [2.24, 2.45) is 5.14 Å². The van der Waals surface area contributed by atoms with Gasteiger partial charge in [0.1, 0.15) is 11.5 Å². The molecule has 138 valence electrons. The summed E-state index contributed by atoms with van der Waals surface area (Å²) in [6.45, 7) is -0.861. The van der Waals surface area contributed by atoms with Crippen LogP contribution >= 0.6 is 23.2 Å². The summed E-state index contributed by atoms with van der Waals surface area (Å²) in [5.41, 5.74) is 0.374. The van der Waals surface area contributed by atoms with Crippen LogP contribution in [0.1, 0.15) is 0 Å². The van der Waals surface area contributed by atoms with E-state index in [4.69, 9.17) is 33.1 Å². The van der Waals surface area contributed by atoms with Crippen molar-refractivity contribution >= 4 is 44.1 Å². The van der Waals surface area contributed by atoms with Gasteiger partial charge in [0.25, 0.3) is 6.43 Å². The first kappa shape index (κ1) is 18.8. The number of sulfonamides is 1. The molecule has 0 saturated heterocycles. The van der Waals surface area contributed by atoms with Crippen molar-refractivity contribution < 1.29 is 21.9 Å². The second kappa shape index (κ2) is 6.95. The number of fused-ring (bicyclic) bond motifs is 1. The number of benzene rings is 1. The van der Waals surface area contributed by atoms with Gasteiger partial charge in [-0.15, -0.1) is 0 Å². The number of halogens is 4. The van der Waals surface area contributed by atoms with E-state index in [0.29, 0.717) is 15.9 Å². The van der Waals surface area contributed by atoms with E-state index in [1.54, 1.807) is 0 Å². The highest BCUT2D eigenvalue weighted by Gasteiger charge is 2.20. The molecule has 0 fully saturated rings. The average Bonchev–Trinajstić information content (AvgIpc) is 2.92. The fourth-order valence-electron chi connectivity index (χ4n) is 2.27. The topological polar surface area (TPSA) is 100 Å². The van der Waals surface area contributed by atoms with Gasteiger partial charge in [0, 0.05) is 16.6 Å². The third-order valence-electron chi connectivity index (χ3n) is 3.32. The highest BCUT2D eigenvalue weighted by molar-refractivity contribution is 7.89. The average molecular weight is 423 g/mol. The third kappa shape index (κ3) is 3.73. The van der Waals surface area contributed by atoms with Crippen LogP contribution in [0.3, 0.4) is 0 Å². The second-order valence-corrected chi connectivity index (χ2v) is 7.42. The Hall–Kier alpha value is -2.01. The molecule has 0 aliphatic rings. The van der Waals surface area contributed by atoms with E-state index < -0.39 is 23.1 Å². The molecule has 12 heteroatoms.